The van der Waals surface area contributed by atoms with E-state index in [0.29, 0.717) is 5.02 Å². The van der Waals surface area contributed by atoms with Crippen molar-refractivity contribution in [2.45, 2.75) is 4.90 Å². The van der Waals surface area contributed by atoms with Crippen LogP contribution in [0.2, 0.25) is 10.0 Å². The molecule has 126 valence electrons. The highest BCUT2D eigenvalue weighted by Crippen LogP contribution is 2.21. The molecule has 2 rings (SSSR count). The normalized spacial score (nSPS) is 10.1. The molecule has 5 nitrogen and oxygen atoms in total. The lowest BCUT2D eigenvalue weighted by Crippen LogP contribution is -2.42. The van der Waals surface area contributed by atoms with Crippen molar-refractivity contribution in [1.82, 2.24) is 10.9 Å². The van der Waals surface area contributed by atoms with E-state index in [-0.39, 0.29) is 22.2 Å². The number of carbonyl (C=O) groups is 2. The molecule has 0 aliphatic rings. The molecule has 0 atom stereocenters. The second kappa shape index (κ2) is 8.82. The van der Waals surface area contributed by atoms with Crippen LogP contribution in [-0.4, -0.2) is 24.7 Å². The fraction of sp³-hybridized carbons (Fsp3) is 0.125. The average Bonchev–Trinajstić information content (AvgIpc) is 2.60. The number of amides is 2. The fourth-order valence-electron chi connectivity index (χ4n) is 1.72. The monoisotopic (exact) mass is 384 g/mol. The second-order valence-corrected chi connectivity index (χ2v) is 6.48. The van der Waals surface area contributed by atoms with E-state index >= 15 is 0 Å². The maximum Gasteiger partial charge on any atom is 0.271 e. The van der Waals surface area contributed by atoms with Crippen LogP contribution in [0.25, 0.3) is 0 Å². The van der Waals surface area contributed by atoms with Crippen LogP contribution < -0.4 is 15.6 Å². The zero-order valence-corrected chi connectivity index (χ0v) is 15.0. The Morgan fingerprint density at radius 2 is 1.79 bits per heavy atom. The summed E-state index contributed by atoms with van der Waals surface area (Å²) < 4.78 is 5.06. The molecule has 2 N–H and O–H groups in total. The van der Waals surface area contributed by atoms with Gasteiger partial charge in [-0.05, 0) is 42.5 Å². The molecule has 0 unspecified atom stereocenters. The number of methoxy groups -OCH3 is 1. The lowest BCUT2D eigenvalue weighted by Gasteiger charge is -2.09. The van der Waals surface area contributed by atoms with Gasteiger partial charge in [-0.15, -0.1) is 11.8 Å². The van der Waals surface area contributed by atoms with Gasteiger partial charge in [0.05, 0.1) is 23.4 Å². The molecular formula is C16H14Cl2N2O3S. The van der Waals surface area contributed by atoms with Crippen LogP contribution in [-0.2, 0) is 4.79 Å². The topological polar surface area (TPSA) is 67.4 Å². The highest BCUT2D eigenvalue weighted by atomic mass is 35.5. The van der Waals surface area contributed by atoms with Crippen LogP contribution in [0.15, 0.2) is 47.4 Å². The molecule has 0 saturated heterocycles. The molecule has 0 aromatic heterocycles. The quantitative estimate of drug-likeness (QED) is 0.610. The predicted molar refractivity (Wildman–Crippen MR) is 95.8 cm³/mol. The van der Waals surface area contributed by atoms with Crippen LogP contribution in [0.1, 0.15) is 10.4 Å². The summed E-state index contributed by atoms with van der Waals surface area (Å²) in [6, 6.07) is 11.8. The second-order valence-electron chi connectivity index (χ2n) is 4.59. The van der Waals surface area contributed by atoms with Gasteiger partial charge in [0.25, 0.3) is 5.91 Å². The SMILES string of the molecule is COc1ccc(SCC(=O)NNC(=O)c2cc(Cl)ccc2Cl)cc1. The first-order chi connectivity index (χ1) is 11.5. The summed E-state index contributed by atoms with van der Waals surface area (Å²) in [4.78, 5) is 24.7. The molecule has 0 radical (unpaired) electrons. The predicted octanol–water partition coefficient (Wildman–Crippen LogP) is 3.56. The van der Waals surface area contributed by atoms with Gasteiger partial charge >= 0.3 is 0 Å². The minimum absolute atomic E-state index is 0.149. The Morgan fingerprint density at radius 3 is 2.46 bits per heavy atom. The van der Waals surface area contributed by atoms with Crippen LogP contribution in [0.3, 0.4) is 0 Å². The molecule has 0 spiro atoms. The number of benzene rings is 2. The smallest absolute Gasteiger partial charge is 0.271 e. The highest BCUT2D eigenvalue weighted by molar-refractivity contribution is 8.00. The molecule has 0 saturated carbocycles. The lowest BCUT2D eigenvalue weighted by molar-refractivity contribution is -0.119. The molecule has 2 aromatic rings. The van der Waals surface area contributed by atoms with Gasteiger partial charge in [-0.1, -0.05) is 23.2 Å². The van der Waals surface area contributed by atoms with E-state index in [4.69, 9.17) is 27.9 Å². The molecule has 0 bridgehead atoms. The number of ether oxygens (including phenoxy) is 1. The number of hydrogen-bond donors (Lipinski definition) is 2. The standard InChI is InChI=1S/C16H14Cl2N2O3S/c1-23-11-3-5-12(6-4-11)24-9-15(21)19-20-16(22)13-8-10(17)2-7-14(13)18/h2-8H,9H2,1H3,(H,19,21)(H,20,22). The molecule has 2 aromatic carbocycles. The third kappa shape index (κ3) is 5.33. The summed E-state index contributed by atoms with van der Waals surface area (Å²) in [5, 5.41) is 0.629. The van der Waals surface area contributed by atoms with Crippen molar-refractivity contribution >= 4 is 46.8 Å². The van der Waals surface area contributed by atoms with Crippen molar-refractivity contribution in [3.63, 3.8) is 0 Å². The average molecular weight is 385 g/mol. The summed E-state index contributed by atoms with van der Waals surface area (Å²) in [6.07, 6.45) is 0. The van der Waals surface area contributed by atoms with Gasteiger partial charge in [-0.2, -0.15) is 0 Å². The van der Waals surface area contributed by atoms with Crippen molar-refractivity contribution in [1.29, 1.82) is 0 Å². The Morgan fingerprint density at radius 1 is 1.08 bits per heavy atom. The first-order valence-electron chi connectivity index (χ1n) is 6.80. The molecule has 8 heteroatoms. The van der Waals surface area contributed by atoms with Crippen molar-refractivity contribution in [2.24, 2.45) is 0 Å². The summed E-state index contributed by atoms with van der Waals surface area (Å²) in [7, 11) is 1.59. The third-order valence-corrected chi connectivity index (χ3v) is 4.49. The van der Waals surface area contributed by atoms with Crippen molar-refractivity contribution < 1.29 is 14.3 Å². The Kier molecular flexibility index (Phi) is 6.78. The maximum absolute atomic E-state index is 12.0. The Labute approximate surface area is 153 Å². The minimum atomic E-state index is -0.537. The van der Waals surface area contributed by atoms with E-state index in [1.54, 1.807) is 13.2 Å². The van der Waals surface area contributed by atoms with Crippen LogP contribution in [0.5, 0.6) is 5.75 Å². The van der Waals surface area contributed by atoms with E-state index in [1.807, 2.05) is 24.3 Å². The van der Waals surface area contributed by atoms with Gasteiger partial charge in [-0.3, -0.25) is 20.4 Å². The maximum atomic E-state index is 12.0. The zero-order valence-electron chi connectivity index (χ0n) is 12.6. The molecule has 24 heavy (non-hydrogen) atoms. The van der Waals surface area contributed by atoms with E-state index in [2.05, 4.69) is 10.9 Å². The van der Waals surface area contributed by atoms with Gasteiger partial charge in [0.15, 0.2) is 0 Å². The Bertz CT molecular complexity index is 739. The Balaban J connectivity index is 1.82. The van der Waals surface area contributed by atoms with E-state index in [1.165, 1.54) is 23.9 Å². The minimum Gasteiger partial charge on any atom is -0.497 e. The first-order valence-corrected chi connectivity index (χ1v) is 8.55. The number of nitrogens with one attached hydrogen (secondary N) is 2. The molecule has 2 amide bonds. The zero-order chi connectivity index (χ0) is 17.5. The molecule has 0 heterocycles. The number of hydrazine groups is 1. The number of rotatable bonds is 5. The highest BCUT2D eigenvalue weighted by Gasteiger charge is 2.12. The van der Waals surface area contributed by atoms with Gasteiger partial charge < -0.3 is 4.74 Å². The number of hydrogen-bond acceptors (Lipinski definition) is 4. The van der Waals surface area contributed by atoms with E-state index in [0.717, 1.165) is 10.6 Å². The van der Waals surface area contributed by atoms with Gasteiger partial charge in [0.1, 0.15) is 5.75 Å². The van der Waals surface area contributed by atoms with Crippen molar-refractivity contribution in [3.05, 3.63) is 58.1 Å². The summed E-state index contributed by atoms with van der Waals surface area (Å²) in [5.74, 6) is 0.0117. The van der Waals surface area contributed by atoms with Gasteiger partial charge in [0.2, 0.25) is 5.91 Å². The first kappa shape index (κ1) is 18.4. The molecule has 0 aliphatic heterocycles. The number of halogens is 2. The van der Waals surface area contributed by atoms with Gasteiger partial charge in [-0.25, -0.2) is 0 Å². The summed E-state index contributed by atoms with van der Waals surface area (Å²) >= 11 is 13.1. The van der Waals surface area contributed by atoms with E-state index in [9.17, 15) is 9.59 Å². The summed E-state index contributed by atoms with van der Waals surface area (Å²) in [6.45, 7) is 0. The fourth-order valence-corrected chi connectivity index (χ4v) is 2.80. The summed E-state index contributed by atoms with van der Waals surface area (Å²) in [5.41, 5.74) is 4.83. The third-order valence-electron chi connectivity index (χ3n) is 2.92. The Hall–Kier alpha value is -1.89. The van der Waals surface area contributed by atoms with Crippen molar-refractivity contribution in [2.75, 3.05) is 12.9 Å². The number of thioether (sulfide) groups is 1. The lowest BCUT2D eigenvalue weighted by atomic mass is 10.2. The van der Waals surface area contributed by atoms with Crippen LogP contribution in [0.4, 0.5) is 0 Å². The largest absolute Gasteiger partial charge is 0.497 e. The molecule has 0 fully saturated rings. The number of carbonyl (C=O) groups excluding carboxylic acids is 2. The van der Waals surface area contributed by atoms with Crippen molar-refractivity contribution in [3.8, 4) is 5.75 Å². The van der Waals surface area contributed by atoms with Crippen LogP contribution in [0, 0.1) is 0 Å². The molecule has 0 aliphatic carbocycles. The van der Waals surface area contributed by atoms with E-state index < -0.39 is 5.91 Å². The van der Waals surface area contributed by atoms with Gasteiger partial charge in [0, 0.05) is 9.92 Å². The van der Waals surface area contributed by atoms with Crippen LogP contribution >= 0.6 is 35.0 Å². The molecular weight excluding hydrogens is 371 g/mol.